The fourth-order valence-electron chi connectivity index (χ4n) is 0.683. The van der Waals surface area contributed by atoms with E-state index < -0.39 is 0 Å². The highest BCUT2D eigenvalue weighted by Crippen LogP contribution is 1.95. The maximum atomic E-state index is 2.95. The van der Waals surface area contributed by atoms with Gasteiger partial charge in [0.1, 0.15) is 0 Å². The van der Waals surface area contributed by atoms with Crippen molar-refractivity contribution in [2.75, 3.05) is 0 Å². The van der Waals surface area contributed by atoms with Gasteiger partial charge in [0, 0.05) is 0 Å². The molecule has 0 heteroatoms. The van der Waals surface area contributed by atoms with Crippen LogP contribution < -0.4 is 0 Å². The van der Waals surface area contributed by atoms with Crippen molar-refractivity contribution in [3.8, 4) is 0 Å². The van der Waals surface area contributed by atoms with E-state index in [1.165, 1.54) is 5.56 Å². The highest BCUT2D eigenvalue weighted by atomic mass is 13.8. The molecule has 0 fully saturated rings. The van der Waals surface area contributed by atoms with Crippen molar-refractivity contribution >= 4 is 0 Å². The van der Waals surface area contributed by atoms with Gasteiger partial charge in [0.2, 0.25) is 0 Å². The van der Waals surface area contributed by atoms with Crippen molar-refractivity contribution in [1.29, 1.82) is 0 Å². The zero-order chi connectivity index (χ0) is 5.98. The van der Waals surface area contributed by atoms with Crippen LogP contribution in [-0.2, 0) is 0 Å². The average Bonchev–Trinajstić information content (AvgIpc) is 1.64. The van der Waals surface area contributed by atoms with E-state index in [0.29, 0.717) is 0 Å². The molecule has 0 radical (unpaired) electrons. The topological polar surface area (TPSA) is 0 Å². The SMILES string of the molecule is Cc1c#ccc(C)c1. The van der Waals surface area contributed by atoms with Gasteiger partial charge >= 0.3 is 0 Å². The number of aryl methyl sites for hydroxylation is 2. The maximum absolute atomic E-state index is 2.95. The van der Waals surface area contributed by atoms with Crippen molar-refractivity contribution in [3.63, 3.8) is 0 Å². The summed E-state index contributed by atoms with van der Waals surface area (Å²) in [5.41, 5.74) is 2.41. The van der Waals surface area contributed by atoms with Gasteiger partial charge in [0.25, 0.3) is 0 Å². The molecule has 0 N–H and O–H groups in total. The summed E-state index contributed by atoms with van der Waals surface area (Å²) in [5, 5.41) is 0. The van der Waals surface area contributed by atoms with Crippen molar-refractivity contribution in [3.05, 3.63) is 35.4 Å². The fraction of sp³-hybridized carbons (Fsp3) is 0.250. The molecule has 0 aliphatic carbocycles. The molecule has 40 valence electrons. The predicted octanol–water partition coefficient (Wildman–Crippen LogP) is 1.90. The molecule has 0 heterocycles. The lowest BCUT2D eigenvalue weighted by atomic mass is 10.2. The Labute approximate surface area is 50.2 Å². The third-order valence-electron chi connectivity index (χ3n) is 1.01. The first kappa shape index (κ1) is 5.18. The molecule has 0 saturated carbocycles. The third-order valence-corrected chi connectivity index (χ3v) is 1.01. The molecule has 1 aromatic carbocycles. The largest absolute Gasteiger partial charge is 0.0697 e. The Balaban J connectivity index is 3.08. The Bertz CT molecular complexity index is 160. The lowest BCUT2D eigenvalue weighted by molar-refractivity contribution is 1.40. The number of rotatable bonds is 0. The van der Waals surface area contributed by atoms with Crippen LogP contribution in [0.3, 0.4) is 0 Å². The summed E-state index contributed by atoms with van der Waals surface area (Å²) in [6, 6.07) is 9.85. The van der Waals surface area contributed by atoms with E-state index in [2.05, 4.69) is 25.1 Å². The van der Waals surface area contributed by atoms with Crippen LogP contribution in [0.15, 0.2) is 12.1 Å². The second kappa shape index (κ2) is 1.88. The van der Waals surface area contributed by atoms with Crippen LogP contribution in [-0.4, -0.2) is 0 Å². The highest BCUT2D eigenvalue weighted by molar-refractivity contribution is 5.14. The quantitative estimate of drug-likeness (QED) is 0.471. The van der Waals surface area contributed by atoms with Gasteiger partial charge in [-0.05, 0) is 37.1 Å². The number of hydrogen-bond donors (Lipinski definition) is 0. The Morgan fingerprint density at radius 3 is 2.50 bits per heavy atom. The first-order chi connectivity index (χ1) is 3.79. The zero-order valence-electron chi connectivity index (χ0n) is 5.15. The fourth-order valence-corrected chi connectivity index (χ4v) is 0.683. The minimum Gasteiger partial charge on any atom is -0.0697 e. The van der Waals surface area contributed by atoms with E-state index in [1.54, 1.807) is 0 Å². The van der Waals surface area contributed by atoms with Crippen LogP contribution >= 0.6 is 0 Å². The van der Waals surface area contributed by atoms with E-state index in [1.807, 2.05) is 13.0 Å². The molecule has 1 aromatic rings. The molecule has 8 heavy (non-hydrogen) atoms. The van der Waals surface area contributed by atoms with Crippen LogP contribution in [0, 0.1) is 26.0 Å². The molecule has 0 saturated heterocycles. The highest BCUT2D eigenvalue weighted by Gasteiger charge is 1.78. The normalized spacial score (nSPS) is 8.25. The van der Waals surface area contributed by atoms with E-state index in [-0.39, 0.29) is 0 Å². The van der Waals surface area contributed by atoms with Gasteiger partial charge < -0.3 is 0 Å². The minimum atomic E-state index is 1.16. The molecular formula is C8H8. The van der Waals surface area contributed by atoms with Crippen molar-refractivity contribution < 1.29 is 0 Å². The van der Waals surface area contributed by atoms with Crippen LogP contribution in [0.4, 0.5) is 0 Å². The van der Waals surface area contributed by atoms with Gasteiger partial charge in [-0.1, -0.05) is 12.1 Å². The lowest BCUT2D eigenvalue weighted by Gasteiger charge is -1.84. The molecule has 0 aliphatic heterocycles. The van der Waals surface area contributed by atoms with Gasteiger partial charge in [-0.2, -0.15) is 0 Å². The van der Waals surface area contributed by atoms with E-state index >= 15 is 0 Å². The van der Waals surface area contributed by atoms with E-state index in [4.69, 9.17) is 0 Å². The van der Waals surface area contributed by atoms with Gasteiger partial charge in [0.05, 0.1) is 0 Å². The molecule has 0 aromatic heterocycles. The first-order valence-corrected chi connectivity index (χ1v) is 2.65. The summed E-state index contributed by atoms with van der Waals surface area (Å²) >= 11 is 0. The third kappa shape index (κ3) is 1.01. The summed E-state index contributed by atoms with van der Waals surface area (Å²) in [5.74, 6) is 0. The summed E-state index contributed by atoms with van der Waals surface area (Å²) in [6.07, 6.45) is 0. The van der Waals surface area contributed by atoms with Gasteiger partial charge in [-0.15, -0.1) is 0 Å². The summed E-state index contributed by atoms with van der Waals surface area (Å²) < 4.78 is 0. The predicted molar refractivity (Wildman–Crippen MR) is 33.6 cm³/mol. The Hall–Kier alpha value is -0.960. The van der Waals surface area contributed by atoms with Crippen molar-refractivity contribution in [1.82, 2.24) is 0 Å². The Morgan fingerprint density at radius 2 is 2.12 bits per heavy atom. The molecule has 1 rings (SSSR count). The van der Waals surface area contributed by atoms with E-state index in [0.717, 1.165) is 5.56 Å². The Morgan fingerprint density at radius 1 is 1.38 bits per heavy atom. The van der Waals surface area contributed by atoms with Crippen molar-refractivity contribution in [2.45, 2.75) is 13.8 Å². The molecule has 0 spiro atoms. The summed E-state index contributed by atoms with van der Waals surface area (Å²) in [6.45, 7) is 4.07. The van der Waals surface area contributed by atoms with Crippen molar-refractivity contribution in [2.24, 2.45) is 0 Å². The monoisotopic (exact) mass is 104 g/mol. The van der Waals surface area contributed by atoms with Crippen LogP contribution in [0.5, 0.6) is 0 Å². The van der Waals surface area contributed by atoms with Gasteiger partial charge in [0.15, 0.2) is 0 Å². The second-order valence-corrected chi connectivity index (χ2v) is 1.99. The van der Waals surface area contributed by atoms with Gasteiger partial charge in [-0.3, -0.25) is 0 Å². The lowest BCUT2D eigenvalue weighted by Crippen LogP contribution is -1.68. The first-order valence-electron chi connectivity index (χ1n) is 2.65. The zero-order valence-corrected chi connectivity index (χ0v) is 5.15. The number of hydrogen-bond acceptors (Lipinski definition) is 0. The van der Waals surface area contributed by atoms with Crippen LogP contribution in [0.25, 0.3) is 0 Å². The molecule has 0 atom stereocenters. The van der Waals surface area contributed by atoms with E-state index in [9.17, 15) is 0 Å². The molecule has 0 bridgehead atoms. The minimum absolute atomic E-state index is 1.16. The summed E-state index contributed by atoms with van der Waals surface area (Å²) in [7, 11) is 0. The Kier molecular flexibility index (Phi) is 1.22. The second-order valence-electron chi connectivity index (χ2n) is 1.99. The molecule has 0 nitrogen and oxygen atoms in total. The maximum Gasteiger partial charge on any atom is -0.000439 e. The molecule has 0 unspecified atom stereocenters. The average molecular weight is 104 g/mol. The van der Waals surface area contributed by atoms with Crippen LogP contribution in [0.2, 0.25) is 0 Å². The van der Waals surface area contributed by atoms with Crippen LogP contribution in [0.1, 0.15) is 11.1 Å². The molecule has 0 amide bonds. The molecular weight excluding hydrogens is 96.1 g/mol. The standard InChI is InChI=1S/C8H8/c1-7-4-3-5-8(2)6-7/h4,6H,1-2H3. The summed E-state index contributed by atoms with van der Waals surface area (Å²) in [4.78, 5) is 0. The smallest absolute Gasteiger partial charge is 0.000439 e. The molecule has 0 aliphatic rings. The van der Waals surface area contributed by atoms with Gasteiger partial charge in [-0.25, -0.2) is 0 Å².